The molecule has 0 unspecified atom stereocenters. The van der Waals surface area contributed by atoms with Crippen LogP contribution < -0.4 is 5.32 Å². The zero-order valence-corrected chi connectivity index (χ0v) is 16.3. The molecule has 1 amide bonds. The van der Waals surface area contributed by atoms with Crippen LogP contribution in [0.1, 0.15) is 35.4 Å². The third-order valence-electron chi connectivity index (χ3n) is 4.63. The molecule has 0 aliphatic carbocycles. The molecule has 0 saturated carbocycles. The van der Waals surface area contributed by atoms with E-state index in [1.165, 1.54) is 24.4 Å². The van der Waals surface area contributed by atoms with Gasteiger partial charge in [0.05, 0.1) is 16.1 Å². The Kier molecular flexibility index (Phi) is 5.28. The number of carbonyl (C=O) groups is 1. The fourth-order valence-corrected chi connectivity index (χ4v) is 3.48. The van der Waals surface area contributed by atoms with Gasteiger partial charge in [-0.3, -0.25) is 4.79 Å². The topological polar surface area (TPSA) is 72.7 Å². The van der Waals surface area contributed by atoms with Crippen molar-refractivity contribution in [1.82, 2.24) is 19.7 Å². The summed E-state index contributed by atoms with van der Waals surface area (Å²) in [7, 11) is 0. The predicted molar refractivity (Wildman–Crippen MR) is 105 cm³/mol. The molecule has 9 heteroatoms. The van der Waals surface area contributed by atoms with E-state index in [1.807, 2.05) is 4.57 Å². The number of amides is 1. The summed E-state index contributed by atoms with van der Waals surface area (Å²) in [5.74, 6) is 0.488. The Morgan fingerprint density at radius 1 is 1.14 bits per heavy atom. The molecule has 3 heterocycles. The smallest absolute Gasteiger partial charge is 0.257 e. The summed E-state index contributed by atoms with van der Waals surface area (Å²) in [6.45, 7) is 0.753. The average Bonchev–Trinajstić information content (AvgIpc) is 2.93. The lowest BCUT2D eigenvalue weighted by atomic mass is 10.1. The fraction of sp³-hybridized carbons (Fsp3) is 0.263. The van der Waals surface area contributed by atoms with E-state index in [9.17, 15) is 9.18 Å². The van der Waals surface area contributed by atoms with Crippen molar-refractivity contribution in [3.05, 3.63) is 57.8 Å². The molecular weight excluding hydrogens is 404 g/mol. The highest BCUT2D eigenvalue weighted by Gasteiger charge is 2.19. The Labute approximate surface area is 170 Å². The number of aryl methyl sites for hydroxylation is 1. The van der Waals surface area contributed by atoms with Gasteiger partial charge in [-0.05, 0) is 37.1 Å². The Morgan fingerprint density at radius 3 is 2.82 bits per heavy atom. The summed E-state index contributed by atoms with van der Waals surface area (Å²) in [4.78, 5) is 16.3. The van der Waals surface area contributed by atoms with E-state index in [2.05, 4.69) is 20.5 Å². The number of nitrogens with zero attached hydrogens (tertiary/aromatic N) is 4. The normalized spacial score (nSPS) is 13.7. The maximum Gasteiger partial charge on any atom is 0.257 e. The third kappa shape index (κ3) is 3.72. The molecule has 4 rings (SSSR count). The first-order valence-corrected chi connectivity index (χ1v) is 9.63. The summed E-state index contributed by atoms with van der Waals surface area (Å²) < 4.78 is 16.5. The van der Waals surface area contributed by atoms with Crippen LogP contribution in [0, 0.1) is 5.82 Å². The first-order valence-electron chi connectivity index (χ1n) is 8.87. The number of hydrogen-bond donors (Lipinski definition) is 1. The molecule has 6 nitrogen and oxygen atoms in total. The van der Waals surface area contributed by atoms with E-state index in [0.717, 1.165) is 38.1 Å². The molecule has 144 valence electrons. The molecule has 0 radical (unpaired) electrons. The summed E-state index contributed by atoms with van der Waals surface area (Å²) in [5, 5.41) is 11.4. The van der Waals surface area contributed by atoms with Gasteiger partial charge in [0.2, 0.25) is 0 Å². The van der Waals surface area contributed by atoms with Gasteiger partial charge in [0, 0.05) is 24.8 Å². The maximum atomic E-state index is 14.5. The quantitative estimate of drug-likeness (QED) is 0.620. The standard InChI is InChI=1S/C19H16Cl2FN5O/c20-14-8-11(10-23-17(14)21)19(28)24-12-5-6-15(22)13(9-12)18-26-25-16-4-2-1-3-7-27(16)18/h5-6,8-10H,1-4,7H2,(H,24,28). The largest absolute Gasteiger partial charge is 0.322 e. The van der Waals surface area contributed by atoms with Crippen molar-refractivity contribution in [2.24, 2.45) is 0 Å². The number of halogens is 3. The SMILES string of the molecule is O=C(Nc1ccc(F)c(-c2nnc3n2CCCCC3)c1)c1cnc(Cl)c(Cl)c1. The number of benzene rings is 1. The van der Waals surface area contributed by atoms with Crippen LogP contribution in [0.25, 0.3) is 11.4 Å². The molecule has 0 atom stereocenters. The van der Waals surface area contributed by atoms with Crippen molar-refractivity contribution < 1.29 is 9.18 Å². The lowest BCUT2D eigenvalue weighted by Crippen LogP contribution is -2.12. The Bertz CT molecular complexity index is 1050. The average molecular weight is 420 g/mol. The minimum absolute atomic E-state index is 0.120. The highest BCUT2D eigenvalue weighted by molar-refractivity contribution is 6.41. The molecule has 1 aliphatic heterocycles. The van der Waals surface area contributed by atoms with E-state index in [-0.39, 0.29) is 15.7 Å². The molecule has 1 N–H and O–H groups in total. The van der Waals surface area contributed by atoms with E-state index in [0.29, 0.717) is 17.1 Å². The Balaban J connectivity index is 1.63. The van der Waals surface area contributed by atoms with Crippen molar-refractivity contribution in [3.8, 4) is 11.4 Å². The molecule has 3 aromatic rings. The van der Waals surface area contributed by atoms with Crippen LogP contribution in [0.4, 0.5) is 10.1 Å². The number of rotatable bonds is 3. The fourth-order valence-electron chi connectivity index (χ4n) is 3.21. The van der Waals surface area contributed by atoms with Crippen LogP contribution in [0.15, 0.2) is 30.5 Å². The minimum Gasteiger partial charge on any atom is -0.322 e. The van der Waals surface area contributed by atoms with Crippen LogP contribution in [0.5, 0.6) is 0 Å². The van der Waals surface area contributed by atoms with Gasteiger partial charge in [-0.1, -0.05) is 29.6 Å². The van der Waals surface area contributed by atoms with E-state index in [4.69, 9.17) is 23.2 Å². The molecule has 1 aliphatic rings. The van der Waals surface area contributed by atoms with Gasteiger partial charge in [0.25, 0.3) is 5.91 Å². The number of carbonyl (C=O) groups excluding carboxylic acids is 1. The second-order valence-corrected chi connectivity index (χ2v) is 7.31. The van der Waals surface area contributed by atoms with Crippen LogP contribution >= 0.6 is 23.2 Å². The molecular formula is C19H16Cl2FN5O. The number of hydrogen-bond acceptors (Lipinski definition) is 4. The summed E-state index contributed by atoms with van der Waals surface area (Å²) in [5.41, 5.74) is 0.973. The van der Waals surface area contributed by atoms with Gasteiger partial charge >= 0.3 is 0 Å². The third-order valence-corrected chi connectivity index (χ3v) is 5.32. The molecule has 28 heavy (non-hydrogen) atoms. The van der Waals surface area contributed by atoms with E-state index < -0.39 is 11.7 Å². The Hall–Kier alpha value is -2.51. The van der Waals surface area contributed by atoms with Crippen LogP contribution in [-0.4, -0.2) is 25.7 Å². The van der Waals surface area contributed by atoms with E-state index in [1.54, 1.807) is 6.07 Å². The summed E-state index contributed by atoms with van der Waals surface area (Å²) in [6, 6.07) is 5.77. The van der Waals surface area contributed by atoms with Gasteiger partial charge in [-0.25, -0.2) is 9.37 Å². The van der Waals surface area contributed by atoms with Crippen molar-refractivity contribution in [2.45, 2.75) is 32.2 Å². The van der Waals surface area contributed by atoms with Crippen LogP contribution in [0.2, 0.25) is 10.2 Å². The number of fused-ring (bicyclic) bond motifs is 1. The molecule has 0 spiro atoms. The number of nitrogens with one attached hydrogen (secondary N) is 1. The van der Waals surface area contributed by atoms with Crippen molar-refractivity contribution >= 4 is 34.8 Å². The molecule has 0 fully saturated rings. The van der Waals surface area contributed by atoms with Crippen molar-refractivity contribution in [2.75, 3.05) is 5.32 Å². The first kappa shape index (κ1) is 18.8. The Morgan fingerprint density at radius 2 is 2.00 bits per heavy atom. The van der Waals surface area contributed by atoms with Gasteiger partial charge in [-0.15, -0.1) is 10.2 Å². The second kappa shape index (κ2) is 7.85. The lowest BCUT2D eigenvalue weighted by molar-refractivity contribution is 0.102. The van der Waals surface area contributed by atoms with Gasteiger partial charge in [0.1, 0.15) is 16.8 Å². The maximum absolute atomic E-state index is 14.5. The van der Waals surface area contributed by atoms with Gasteiger partial charge < -0.3 is 9.88 Å². The van der Waals surface area contributed by atoms with Gasteiger partial charge in [-0.2, -0.15) is 0 Å². The van der Waals surface area contributed by atoms with Crippen LogP contribution in [0.3, 0.4) is 0 Å². The zero-order chi connectivity index (χ0) is 19.7. The van der Waals surface area contributed by atoms with Crippen molar-refractivity contribution in [1.29, 1.82) is 0 Å². The molecule has 2 aromatic heterocycles. The first-order chi connectivity index (χ1) is 13.5. The lowest BCUT2D eigenvalue weighted by Gasteiger charge is -2.10. The molecule has 0 saturated heterocycles. The number of aromatic nitrogens is 4. The predicted octanol–water partition coefficient (Wildman–Crippen LogP) is 4.76. The molecule has 1 aromatic carbocycles. The number of anilines is 1. The summed E-state index contributed by atoms with van der Waals surface area (Å²) in [6.07, 6.45) is 5.32. The summed E-state index contributed by atoms with van der Waals surface area (Å²) >= 11 is 11.7. The monoisotopic (exact) mass is 419 g/mol. The van der Waals surface area contributed by atoms with Gasteiger partial charge in [0.15, 0.2) is 5.82 Å². The molecule has 0 bridgehead atoms. The van der Waals surface area contributed by atoms with E-state index >= 15 is 0 Å². The zero-order valence-electron chi connectivity index (χ0n) is 14.8. The highest BCUT2D eigenvalue weighted by Crippen LogP contribution is 2.28. The van der Waals surface area contributed by atoms with Crippen molar-refractivity contribution in [3.63, 3.8) is 0 Å². The van der Waals surface area contributed by atoms with Crippen LogP contribution in [-0.2, 0) is 13.0 Å². The second-order valence-electron chi connectivity index (χ2n) is 6.55. The minimum atomic E-state index is -0.427. The highest BCUT2D eigenvalue weighted by atomic mass is 35.5. The number of pyridine rings is 1.